The van der Waals surface area contributed by atoms with Gasteiger partial charge in [-0.25, -0.2) is 0 Å². The lowest BCUT2D eigenvalue weighted by atomic mass is 9.84. The summed E-state index contributed by atoms with van der Waals surface area (Å²) in [6.45, 7) is 4.30. The molecule has 0 saturated carbocycles. The van der Waals surface area contributed by atoms with E-state index in [1.54, 1.807) is 0 Å². The smallest absolute Gasteiger partial charge is 0.146 e. The van der Waals surface area contributed by atoms with E-state index < -0.39 is 0 Å². The molecule has 1 nitrogen and oxygen atoms in total. The molecule has 0 N–H and O–H groups in total. The first kappa shape index (κ1) is 11.6. The Morgan fingerprint density at radius 3 is 2.89 bits per heavy atom. The Bertz CT molecular complexity index is 524. The molecule has 0 unspecified atom stereocenters. The molecule has 94 valence electrons. The van der Waals surface area contributed by atoms with Crippen LogP contribution in [-0.4, -0.2) is 5.60 Å². The highest BCUT2D eigenvalue weighted by atomic mass is 16.5. The van der Waals surface area contributed by atoms with Crippen LogP contribution in [0, 0.1) is 6.92 Å². The van der Waals surface area contributed by atoms with Crippen LogP contribution in [0.1, 0.15) is 43.7 Å². The predicted molar refractivity (Wildman–Crippen MR) is 75.8 cm³/mol. The third kappa shape index (κ3) is 1.98. The Balaban J connectivity index is 1.95. The lowest BCUT2D eigenvalue weighted by Gasteiger charge is -2.35. The minimum absolute atomic E-state index is 0.233. The first-order chi connectivity index (χ1) is 8.67. The molecular weight excluding hydrogens is 220 g/mol. The Morgan fingerprint density at radius 1 is 1.22 bits per heavy atom. The maximum absolute atomic E-state index is 6.26. The third-order valence-electron chi connectivity index (χ3n) is 4.00. The number of hydrogen-bond acceptors (Lipinski definition) is 1. The molecule has 3 rings (SSSR count). The van der Waals surface area contributed by atoms with E-state index >= 15 is 0 Å². The van der Waals surface area contributed by atoms with Gasteiger partial charge in [0.25, 0.3) is 0 Å². The fourth-order valence-corrected chi connectivity index (χ4v) is 2.86. The summed E-state index contributed by atoms with van der Waals surface area (Å²) in [5.41, 5.74) is 3.69. The van der Waals surface area contributed by atoms with Gasteiger partial charge in [0.1, 0.15) is 11.4 Å². The van der Waals surface area contributed by atoms with Crippen LogP contribution in [0.25, 0.3) is 6.08 Å². The average molecular weight is 240 g/mol. The zero-order chi connectivity index (χ0) is 12.6. The van der Waals surface area contributed by atoms with Gasteiger partial charge in [0.05, 0.1) is 0 Å². The maximum atomic E-state index is 6.26. The van der Waals surface area contributed by atoms with Gasteiger partial charge < -0.3 is 4.74 Å². The van der Waals surface area contributed by atoms with Crippen LogP contribution in [0.3, 0.4) is 0 Å². The topological polar surface area (TPSA) is 9.23 Å². The largest absolute Gasteiger partial charge is 0.478 e. The quantitative estimate of drug-likeness (QED) is 0.649. The molecule has 1 heterocycles. The van der Waals surface area contributed by atoms with Crippen molar-refractivity contribution in [3.05, 3.63) is 47.1 Å². The Morgan fingerprint density at radius 2 is 2.11 bits per heavy atom. The van der Waals surface area contributed by atoms with Crippen molar-refractivity contribution in [1.82, 2.24) is 0 Å². The highest BCUT2D eigenvalue weighted by Gasteiger charge is 2.31. The van der Waals surface area contributed by atoms with Crippen LogP contribution in [0.15, 0.2) is 35.9 Å². The van der Waals surface area contributed by atoms with Crippen molar-refractivity contribution >= 4 is 6.08 Å². The molecule has 0 fully saturated rings. The number of allylic oxidation sites excluding steroid dienone is 1. The van der Waals surface area contributed by atoms with Crippen molar-refractivity contribution in [3.63, 3.8) is 0 Å². The lowest BCUT2D eigenvalue weighted by Crippen LogP contribution is -2.35. The van der Waals surface area contributed by atoms with E-state index in [1.165, 1.54) is 42.4 Å². The fourth-order valence-electron chi connectivity index (χ4n) is 2.86. The second-order valence-corrected chi connectivity index (χ2v) is 5.56. The Kier molecular flexibility index (Phi) is 2.77. The molecule has 1 aromatic carbocycles. The summed E-state index contributed by atoms with van der Waals surface area (Å²) in [5.74, 6) is 1.01. The number of fused-ring (bicyclic) bond motifs is 1. The SMILES string of the molecule is Cc1ccc2c(c1)C=C[C@](C)(C1=CCCCC1)O2. The molecule has 0 amide bonds. The summed E-state index contributed by atoms with van der Waals surface area (Å²) in [6, 6.07) is 6.39. The normalized spacial score (nSPS) is 26.2. The van der Waals surface area contributed by atoms with Crippen molar-refractivity contribution in [2.24, 2.45) is 0 Å². The van der Waals surface area contributed by atoms with Crippen molar-refractivity contribution in [1.29, 1.82) is 0 Å². The molecule has 1 atom stereocenters. The third-order valence-corrected chi connectivity index (χ3v) is 4.00. The van der Waals surface area contributed by atoms with Crippen molar-refractivity contribution < 1.29 is 4.74 Å². The maximum Gasteiger partial charge on any atom is 0.146 e. The van der Waals surface area contributed by atoms with E-state index in [-0.39, 0.29) is 5.60 Å². The van der Waals surface area contributed by atoms with Crippen LogP contribution in [-0.2, 0) is 0 Å². The summed E-state index contributed by atoms with van der Waals surface area (Å²) in [4.78, 5) is 0. The minimum atomic E-state index is -0.233. The van der Waals surface area contributed by atoms with Gasteiger partial charge in [-0.3, -0.25) is 0 Å². The zero-order valence-electron chi connectivity index (χ0n) is 11.2. The summed E-state index contributed by atoms with van der Waals surface area (Å²) in [6.07, 6.45) is 11.8. The van der Waals surface area contributed by atoms with E-state index in [2.05, 4.69) is 50.3 Å². The van der Waals surface area contributed by atoms with E-state index in [4.69, 9.17) is 4.74 Å². The minimum Gasteiger partial charge on any atom is -0.478 e. The number of hydrogen-bond donors (Lipinski definition) is 0. The van der Waals surface area contributed by atoms with Gasteiger partial charge in [0.2, 0.25) is 0 Å². The second kappa shape index (κ2) is 4.31. The zero-order valence-corrected chi connectivity index (χ0v) is 11.2. The Hall–Kier alpha value is -1.50. The molecule has 1 heteroatoms. The molecule has 18 heavy (non-hydrogen) atoms. The van der Waals surface area contributed by atoms with Crippen LogP contribution in [0.5, 0.6) is 5.75 Å². The van der Waals surface area contributed by atoms with Gasteiger partial charge in [0, 0.05) is 5.56 Å². The van der Waals surface area contributed by atoms with Crippen molar-refractivity contribution in [3.8, 4) is 5.75 Å². The molecule has 1 aliphatic carbocycles. The van der Waals surface area contributed by atoms with Gasteiger partial charge in [-0.1, -0.05) is 23.8 Å². The fraction of sp³-hybridized carbons (Fsp3) is 0.412. The van der Waals surface area contributed by atoms with Gasteiger partial charge in [-0.2, -0.15) is 0 Å². The number of aryl methyl sites for hydroxylation is 1. The van der Waals surface area contributed by atoms with Gasteiger partial charge in [-0.05, 0) is 63.3 Å². The summed E-state index contributed by atoms with van der Waals surface area (Å²) in [7, 11) is 0. The first-order valence-corrected chi connectivity index (χ1v) is 6.86. The van der Waals surface area contributed by atoms with Crippen LogP contribution in [0.2, 0.25) is 0 Å². The highest BCUT2D eigenvalue weighted by Crippen LogP contribution is 2.38. The summed E-state index contributed by atoms with van der Waals surface area (Å²) < 4.78 is 6.26. The van der Waals surface area contributed by atoms with E-state index in [9.17, 15) is 0 Å². The number of rotatable bonds is 1. The molecule has 0 radical (unpaired) electrons. The van der Waals surface area contributed by atoms with Gasteiger partial charge >= 0.3 is 0 Å². The first-order valence-electron chi connectivity index (χ1n) is 6.86. The van der Waals surface area contributed by atoms with Crippen LogP contribution >= 0.6 is 0 Å². The van der Waals surface area contributed by atoms with Crippen LogP contribution < -0.4 is 4.74 Å². The number of ether oxygens (including phenoxy) is 1. The molecule has 0 bridgehead atoms. The van der Waals surface area contributed by atoms with E-state index in [0.29, 0.717) is 0 Å². The molecule has 1 aromatic rings. The standard InChI is InChI=1S/C17H20O/c1-13-8-9-16-14(12-13)10-11-17(2,18-16)15-6-4-3-5-7-15/h6,8-12H,3-5,7H2,1-2H3/t17-/m1/s1. The second-order valence-electron chi connectivity index (χ2n) is 5.56. The average Bonchev–Trinajstić information content (AvgIpc) is 2.40. The monoisotopic (exact) mass is 240 g/mol. The number of benzene rings is 1. The Labute approximate surface area is 109 Å². The van der Waals surface area contributed by atoms with Gasteiger partial charge in [-0.15, -0.1) is 0 Å². The highest BCUT2D eigenvalue weighted by molar-refractivity contribution is 5.63. The van der Waals surface area contributed by atoms with Crippen molar-refractivity contribution in [2.45, 2.75) is 45.1 Å². The van der Waals surface area contributed by atoms with Crippen molar-refractivity contribution in [2.75, 3.05) is 0 Å². The molecule has 1 aliphatic heterocycles. The summed E-state index contributed by atoms with van der Waals surface area (Å²) >= 11 is 0. The van der Waals surface area contributed by atoms with E-state index in [0.717, 1.165) is 5.75 Å². The van der Waals surface area contributed by atoms with Crippen LogP contribution in [0.4, 0.5) is 0 Å². The lowest BCUT2D eigenvalue weighted by molar-refractivity contribution is 0.169. The molecule has 0 saturated heterocycles. The molecule has 0 aromatic heterocycles. The summed E-state index contributed by atoms with van der Waals surface area (Å²) in [5, 5.41) is 0. The molecule has 2 aliphatic rings. The molecule has 0 spiro atoms. The van der Waals surface area contributed by atoms with E-state index in [1.807, 2.05) is 0 Å². The predicted octanol–water partition coefficient (Wildman–Crippen LogP) is 4.66. The molecular formula is C17H20O. The van der Waals surface area contributed by atoms with Gasteiger partial charge in [0.15, 0.2) is 0 Å².